The first-order valence-corrected chi connectivity index (χ1v) is 13.8. The average Bonchev–Trinajstić information content (AvgIpc) is 2.97. The monoisotopic (exact) mass is 521 g/mol. The Hall–Kier alpha value is -3.83. The molecule has 38 heavy (non-hydrogen) atoms. The summed E-state index contributed by atoms with van der Waals surface area (Å²) in [7, 11) is 0. The van der Waals surface area contributed by atoms with Gasteiger partial charge in [-0.05, 0) is 90.1 Å². The van der Waals surface area contributed by atoms with Crippen LogP contribution in [0.25, 0.3) is 4.91 Å². The molecule has 2 atom stereocenters. The van der Waals surface area contributed by atoms with Gasteiger partial charge < -0.3 is 4.74 Å². The highest BCUT2D eigenvalue weighted by Gasteiger charge is 2.53. The number of aryl methyl sites for hydroxylation is 2. The number of ether oxygens (including phenoxy) is 1. The van der Waals surface area contributed by atoms with Gasteiger partial charge in [0, 0.05) is 15.5 Å². The number of halogens is 1. The first kappa shape index (κ1) is 24.5. The van der Waals surface area contributed by atoms with E-state index in [1.54, 1.807) is 11.8 Å². The van der Waals surface area contributed by atoms with Gasteiger partial charge in [-0.1, -0.05) is 73.3 Å². The highest BCUT2D eigenvalue weighted by Crippen LogP contribution is 2.48. The van der Waals surface area contributed by atoms with Crippen molar-refractivity contribution in [2.75, 3.05) is 4.90 Å². The SMILES string of the molecule is CCc1ccc(N2C(=O)C(Oc3ccccc3)C2C2=C(Sc3ccc(F)cc3)c3ccccc3CC2)cc1. The lowest BCUT2D eigenvalue weighted by molar-refractivity contribution is -0.133. The van der Waals surface area contributed by atoms with Crippen LogP contribution in [0.2, 0.25) is 0 Å². The van der Waals surface area contributed by atoms with Crippen molar-refractivity contribution in [3.8, 4) is 5.75 Å². The van der Waals surface area contributed by atoms with E-state index in [-0.39, 0.29) is 17.8 Å². The van der Waals surface area contributed by atoms with Gasteiger partial charge in [-0.25, -0.2) is 4.39 Å². The number of amides is 1. The van der Waals surface area contributed by atoms with Gasteiger partial charge in [0.2, 0.25) is 6.10 Å². The molecule has 0 bridgehead atoms. The van der Waals surface area contributed by atoms with E-state index in [4.69, 9.17) is 4.74 Å². The second-order valence-corrected chi connectivity index (χ2v) is 10.7. The first-order valence-electron chi connectivity index (χ1n) is 13.0. The summed E-state index contributed by atoms with van der Waals surface area (Å²) in [6.45, 7) is 2.12. The van der Waals surface area contributed by atoms with Gasteiger partial charge in [-0.3, -0.25) is 9.69 Å². The molecule has 6 rings (SSSR count). The fourth-order valence-electron chi connectivity index (χ4n) is 5.28. The molecular weight excluding hydrogens is 493 g/mol. The van der Waals surface area contributed by atoms with Gasteiger partial charge in [0.1, 0.15) is 17.6 Å². The number of thioether (sulfide) groups is 1. The fourth-order valence-corrected chi connectivity index (χ4v) is 6.45. The van der Waals surface area contributed by atoms with E-state index in [1.807, 2.05) is 59.5 Å². The molecule has 0 saturated carbocycles. The fraction of sp³-hybridized carbons (Fsp3) is 0.182. The summed E-state index contributed by atoms with van der Waals surface area (Å²) in [5.41, 5.74) is 5.74. The van der Waals surface area contributed by atoms with Gasteiger partial charge in [0.15, 0.2) is 0 Å². The summed E-state index contributed by atoms with van der Waals surface area (Å²) in [5, 5.41) is 0. The lowest BCUT2D eigenvalue weighted by Gasteiger charge is -2.49. The van der Waals surface area contributed by atoms with E-state index < -0.39 is 6.10 Å². The van der Waals surface area contributed by atoms with E-state index in [2.05, 4.69) is 43.3 Å². The third-order valence-electron chi connectivity index (χ3n) is 7.28. The molecule has 0 spiro atoms. The minimum atomic E-state index is -0.618. The topological polar surface area (TPSA) is 29.5 Å². The number of para-hydroxylation sites is 1. The Morgan fingerprint density at radius 2 is 1.58 bits per heavy atom. The molecule has 5 heteroatoms. The molecule has 0 N–H and O–H groups in total. The Bertz CT molecular complexity index is 1480. The van der Waals surface area contributed by atoms with Gasteiger partial charge in [-0.15, -0.1) is 0 Å². The summed E-state index contributed by atoms with van der Waals surface area (Å²) in [4.78, 5) is 17.6. The minimum absolute atomic E-state index is 0.0411. The summed E-state index contributed by atoms with van der Waals surface area (Å²) < 4.78 is 20.0. The van der Waals surface area contributed by atoms with Crippen molar-refractivity contribution in [2.24, 2.45) is 0 Å². The summed E-state index contributed by atoms with van der Waals surface area (Å²) >= 11 is 1.63. The zero-order valence-electron chi connectivity index (χ0n) is 21.1. The van der Waals surface area contributed by atoms with Crippen molar-refractivity contribution in [1.29, 1.82) is 0 Å². The third kappa shape index (κ3) is 4.63. The highest BCUT2D eigenvalue weighted by atomic mass is 32.2. The number of rotatable bonds is 7. The number of carbonyl (C=O) groups excluding carboxylic acids is 1. The van der Waals surface area contributed by atoms with E-state index in [9.17, 15) is 9.18 Å². The molecule has 1 saturated heterocycles. The van der Waals surface area contributed by atoms with Crippen LogP contribution in [0.3, 0.4) is 0 Å². The second kappa shape index (κ2) is 10.5. The maximum atomic E-state index is 13.7. The molecule has 4 aromatic carbocycles. The van der Waals surface area contributed by atoms with Crippen LogP contribution in [0, 0.1) is 5.82 Å². The van der Waals surface area contributed by atoms with Crippen LogP contribution in [0.4, 0.5) is 10.1 Å². The molecule has 1 aliphatic carbocycles. The predicted octanol–water partition coefficient (Wildman–Crippen LogP) is 7.70. The van der Waals surface area contributed by atoms with Crippen molar-refractivity contribution < 1.29 is 13.9 Å². The van der Waals surface area contributed by atoms with Crippen LogP contribution in [-0.2, 0) is 17.6 Å². The number of hydrogen-bond acceptors (Lipinski definition) is 3. The molecule has 2 unspecified atom stereocenters. The molecule has 1 fully saturated rings. The quantitative estimate of drug-likeness (QED) is 0.233. The van der Waals surface area contributed by atoms with E-state index in [1.165, 1.54) is 34.4 Å². The van der Waals surface area contributed by atoms with Crippen LogP contribution in [0.15, 0.2) is 114 Å². The maximum Gasteiger partial charge on any atom is 0.271 e. The van der Waals surface area contributed by atoms with Crippen molar-refractivity contribution in [1.82, 2.24) is 0 Å². The van der Waals surface area contributed by atoms with Gasteiger partial charge >= 0.3 is 0 Å². The van der Waals surface area contributed by atoms with Crippen molar-refractivity contribution in [2.45, 2.75) is 43.2 Å². The summed E-state index contributed by atoms with van der Waals surface area (Å²) in [6.07, 6.45) is 2.03. The smallest absolute Gasteiger partial charge is 0.271 e. The Labute approximate surface area is 227 Å². The van der Waals surface area contributed by atoms with Gasteiger partial charge in [0.25, 0.3) is 5.91 Å². The number of fused-ring (bicyclic) bond motifs is 1. The van der Waals surface area contributed by atoms with Crippen LogP contribution >= 0.6 is 11.8 Å². The van der Waals surface area contributed by atoms with E-state index >= 15 is 0 Å². The normalized spacial score (nSPS) is 18.7. The Morgan fingerprint density at radius 1 is 0.868 bits per heavy atom. The molecular formula is C33H28FNO2S. The molecule has 3 nitrogen and oxygen atoms in total. The molecule has 1 aliphatic heterocycles. The second-order valence-electron chi connectivity index (χ2n) is 9.59. The number of benzene rings is 4. The molecule has 1 heterocycles. The zero-order chi connectivity index (χ0) is 26.1. The predicted molar refractivity (Wildman–Crippen MR) is 152 cm³/mol. The van der Waals surface area contributed by atoms with E-state index in [0.29, 0.717) is 5.75 Å². The summed E-state index contributed by atoms with van der Waals surface area (Å²) in [5.74, 6) is 0.386. The molecule has 0 aromatic heterocycles. The van der Waals surface area contributed by atoms with Gasteiger partial charge in [-0.2, -0.15) is 0 Å². The van der Waals surface area contributed by atoms with Crippen LogP contribution in [-0.4, -0.2) is 18.1 Å². The van der Waals surface area contributed by atoms with Crippen molar-refractivity contribution in [3.05, 3.63) is 131 Å². The zero-order valence-corrected chi connectivity index (χ0v) is 22.0. The third-order valence-corrected chi connectivity index (χ3v) is 8.48. The molecule has 2 aliphatic rings. The highest BCUT2D eigenvalue weighted by molar-refractivity contribution is 8.08. The minimum Gasteiger partial charge on any atom is -0.478 e. The Morgan fingerprint density at radius 3 is 2.32 bits per heavy atom. The van der Waals surface area contributed by atoms with Crippen LogP contribution in [0.1, 0.15) is 30.0 Å². The molecule has 190 valence electrons. The molecule has 1 amide bonds. The number of nitrogens with zero attached hydrogens (tertiary/aromatic N) is 1. The van der Waals surface area contributed by atoms with E-state index in [0.717, 1.165) is 34.8 Å². The maximum absolute atomic E-state index is 13.7. The lowest BCUT2D eigenvalue weighted by Crippen LogP contribution is -2.68. The lowest BCUT2D eigenvalue weighted by atomic mass is 9.81. The van der Waals surface area contributed by atoms with Crippen LogP contribution in [0.5, 0.6) is 5.75 Å². The summed E-state index contributed by atoms with van der Waals surface area (Å²) in [6, 6.07) is 32.6. The molecule has 0 radical (unpaired) electrons. The number of hydrogen-bond donors (Lipinski definition) is 0. The largest absolute Gasteiger partial charge is 0.478 e. The number of carbonyl (C=O) groups is 1. The Kier molecular flexibility index (Phi) is 6.77. The van der Waals surface area contributed by atoms with Gasteiger partial charge in [0.05, 0.1) is 0 Å². The molecule has 4 aromatic rings. The van der Waals surface area contributed by atoms with Crippen molar-refractivity contribution in [3.63, 3.8) is 0 Å². The van der Waals surface area contributed by atoms with Crippen LogP contribution < -0.4 is 9.64 Å². The number of anilines is 1. The van der Waals surface area contributed by atoms with Crippen molar-refractivity contribution >= 4 is 28.3 Å². The first-order chi connectivity index (χ1) is 18.6. The average molecular weight is 522 g/mol. The standard InChI is InChI=1S/C33H28FNO2S/c1-2-22-12-17-25(18-13-22)35-30(31(33(35)36)37-26-9-4-3-5-10-26)29-21-14-23-8-6-7-11-28(23)32(29)38-27-19-15-24(34)16-20-27/h3-13,15-20,30-31H,2,14,21H2,1H3. The Balaban J connectivity index is 1.46. The number of β-lactam (4-membered cyclic amide) rings is 1.